The van der Waals surface area contributed by atoms with Gasteiger partial charge in [-0.1, -0.05) is 31.1 Å². The molecule has 0 aromatic heterocycles. The van der Waals surface area contributed by atoms with Crippen LogP contribution in [0.25, 0.3) is 0 Å². The average molecular weight is 256 g/mol. The molecule has 0 saturated carbocycles. The lowest BCUT2D eigenvalue weighted by Crippen LogP contribution is -1.96. The minimum Gasteiger partial charge on any atom is -0.377 e. The summed E-state index contributed by atoms with van der Waals surface area (Å²) in [5.74, 6) is 9.19. The molecular weight excluding hydrogens is 236 g/mol. The van der Waals surface area contributed by atoms with Gasteiger partial charge >= 0.3 is 0 Å². The summed E-state index contributed by atoms with van der Waals surface area (Å²) in [7, 11) is 0. The first-order chi connectivity index (χ1) is 9.20. The average Bonchev–Trinajstić information content (AvgIpc) is 2.42. The summed E-state index contributed by atoms with van der Waals surface area (Å²) >= 11 is 0. The van der Waals surface area contributed by atoms with E-state index in [1.54, 1.807) is 6.08 Å². The maximum Gasteiger partial charge on any atom is 0.229 e. The maximum atomic E-state index is 10.7. The Hall–Kier alpha value is -2.03. The molecule has 2 nitrogen and oxygen atoms in total. The smallest absolute Gasteiger partial charge is 0.229 e. The predicted molar refractivity (Wildman–Crippen MR) is 79.2 cm³/mol. The van der Waals surface area contributed by atoms with E-state index in [0.29, 0.717) is 0 Å². The zero-order valence-corrected chi connectivity index (χ0v) is 11.2. The van der Waals surface area contributed by atoms with Crippen LogP contribution in [0.4, 0.5) is 0 Å². The van der Waals surface area contributed by atoms with Crippen molar-refractivity contribution in [3.05, 3.63) is 37.5 Å². The van der Waals surface area contributed by atoms with Gasteiger partial charge in [0.1, 0.15) is 6.10 Å². The number of rotatable bonds is 8. The first-order valence-corrected chi connectivity index (χ1v) is 6.34. The van der Waals surface area contributed by atoms with Crippen LogP contribution in [0, 0.1) is 23.7 Å². The molecule has 0 aromatic carbocycles. The molecule has 0 fully saturated rings. The van der Waals surface area contributed by atoms with Gasteiger partial charge in [0.2, 0.25) is 5.78 Å². The first-order valence-electron chi connectivity index (χ1n) is 6.34. The summed E-state index contributed by atoms with van der Waals surface area (Å²) < 4.78 is 0. The summed E-state index contributed by atoms with van der Waals surface area (Å²) in [5, 5.41) is 9.47. The predicted octanol–water partition coefficient (Wildman–Crippen LogP) is 2.80. The minimum absolute atomic E-state index is 0.376. The van der Waals surface area contributed by atoms with E-state index in [2.05, 4.69) is 36.8 Å². The van der Waals surface area contributed by atoms with Crippen LogP contribution in [-0.2, 0) is 4.79 Å². The molecule has 0 aromatic rings. The van der Waals surface area contributed by atoms with E-state index in [1.807, 2.05) is 12.2 Å². The van der Waals surface area contributed by atoms with Gasteiger partial charge in [-0.2, -0.15) is 0 Å². The Morgan fingerprint density at radius 2 is 1.89 bits per heavy atom. The number of carbonyl (C=O) groups excluding carboxylic acids is 1. The highest BCUT2D eigenvalue weighted by atomic mass is 16.3. The van der Waals surface area contributed by atoms with Crippen molar-refractivity contribution in [2.24, 2.45) is 0 Å². The first kappa shape index (κ1) is 17.0. The molecule has 0 bridgehead atoms. The monoisotopic (exact) mass is 256 g/mol. The van der Waals surface area contributed by atoms with Crippen LogP contribution in [0.1, 0.15) is 32.1 Å². The van der Waals surface area contributed by atoms with Crippen molar-refractivity contribution in [2.45, 2.75) is 38.2 Å². The normalized spacial score (nSPS) is 10.8. The Labute approximate surface area is 115 Å². The van der Waals surface area contributed by atoms with Crippen LogP contribution >= 0.6 is 0 Å². The summed E-state index contributed by atoms with van der Waals surface area (Å²) in [6.07, 6.45) is 11.2. The fourth-order valence-corrected chi connectivity index (χ4v) is 1.25. The zero-order valence-electron chi connectivity index (χ0n) is 11.2. The highest BCUT2D eigenvalue weighted by Gasteiger charge is 1.90. The lowest BCUT2D eigenvalue weighted by Gasteiger charge is -1.95. The molecule has 19 heavy (non-hydrogen) atoms. The highest BCUT2D eigenvalue weighted by Crippen LogP contribution is 2.04. The molecule has 1 atom stereocenters. The van der Waals surface area contributed by atoms with Crippen molar-refractivity contribution in [1.29, 1.82) is 0 Å². The molecule has 0 aliphatic carbocycles. The second-order valence-electron chi connectivity index (χ2n) is 3.89. The van der Waals surface area contributed by atoms with Gasteiger partial charge in [-0.05, 0) is 55.6 Å². The fourth-order valence-electron chi connectivity index (χ4n) is 1.25. The van der Waals surface area contributed by atoms with Crippen LogP contribution in [0.5, 0.6) is 0 Å². The third kappa shape index (κ3) is 12.2. The summed E-state index contributed by atoms with van der Waals surface area (Å²) in [6, 6.07) is 0. The van der Waals surface area contributed by atoms with Gasteiger partial charge < -0.3 is 5.11 Å². The zero-order chi connectivity index (χ0) is 14.3. The molecule has 0 unspecified atom stereocenters. The SMILES string of the molecule is C=CCCCCC/C=C\[C@H](O)C#CC#CC(=O)C=C. The number of hydrogen-bond donors (Lipinski definition) is 1. The molecule has 1 N–H and O–H groups in total. The van der Waals surface area contributed by atoms with Gasteiger partial charge in [-0.25, -0.2) is 0 Å². The number of ketones is 1. The van der Waals surface area contributed by atoms with Crippen molar-refractivity contribution in [1.82, 2.24) is 0 Å². The Bertz CT molecular complexity index is 435. The molecule has 2 heteroatoms. The molecule has 0 aliphatic heterocycles. The van der Waals surface area contributed by atoms with Crippen LogP contribution in [0.15, 0.2) is 37.5 Å². The van der Waals surface area contributed by atoms with Crippen LogP contribution in [0.2, 0.25) is 0 Å². The van der Waals surface area contributed by atoms with Gasteiger partial charge in [-0.3, -0.25) is 4.79 Å². The van der Waals surface area contributed by atoms with E-state index in [-0.39, 0.29) is 5.78 Å². The molecule has 0 spiro atoms. The number of hydrogen-bond acceptors (Lipinski definition) is 2. The highest BCUT2D eigenvalue weighted by molar-refractivity contribution is 6.04. The largest absolute Gasteiger partial charge is 0.377 e. The van der Waals surface area contributed by atoms with Gasteiger partial charge in [0, 0.05) is 0 Å². The van der Waals surface area contributed by atoms with Crippen molar-refractivity contribution < 1.29 is 9.90 Å². The number of unbranched alkanes of at least 4 members (excludes halogenated alkanes) is 4. The van der Waals surface area contributed by atoms with Gasteiger partial charge in [0.25, 0.3) is 0 Å². The van der Waals surface area contributed by atoms with Gasteiger partial charge in [-0.15, -0.1) is 6.58 Å². The van der Waals surface area contributed by atoms with E-state index in [9.17, 15) is 9.90 Å². The molecule has 0 aliphatic rings. The quantitative estimate of drug-likeness (QED) is 0.238. The number of aliphatic hydroxyl groups excluding tert-OH is 1. The van der Waals surface area contributed by atoms with E-state index >= 15 is 0 Å². The molecule has 0 heterocycles. The molecule has 0 radical (unpaired) electrons. The van der Waals surface area contributed by atoms with Crippen molar-refractivity contribution in [3.8, 4) is 23.7 Å². The molecular formula is C17H20O2. The molecule has 0 saturated heterocycles. The minimum atomic E-state index is -0.832. The lowest BCUT2D eigenvalue weighted by atomic mass is 10.1. The van der Waals surface area contributed by atoms with Crippen LogP contribution in [0.3, 0.4) is 0 Å². The Balaban J connectivity index is 3.84. The number of allylic oxidation sites excluding steroid dienone is 3. The summed E-state index contributed by atoms with van der Waals surface area (Å²) in [5.41, 5.74) is 0. The Morgan fingerprint density at radius 3 is 2.58 bits per heavy atom. The summed E-state index contributed by atoms with van der Waals surface area (Å²) in [6.45, 7) is 6.95. The third-order valence-electron chi connectivity index (χ3n) is 2.25. The lowest BCUT2D eigenvalue weighted by molar-refractivity contribution is -0.109. The van der Waals surface area contributed by atoms with E-state index in [4.69, 9.17) is 0 Å². The fraction of sp³-hybridized carbons (Fsp3) is 0.353. The molecule has 0 amide bonds. The maximum absolute atomic E-state index is 10.7. The van der Waals surface area contributed by atoms with Gasteiger partial charge in [0.05, 0.1) is 0 Å². The van der Waals surface area contributed by atoms with E-state index < -0.39 is 6.10 Å². The standard InChI is InChI=1S/C17H20O2/c1-3-5-6-7-8-9-10-14-17(19)15-12-11-13-16(18)4-2/h3-4,10,14,17,19H,1-2,5-9H2/b14-10-/t17-/m0/s1. The molecule has 100 valence electrons. The van der Waals surface area contributed by atoms with Crippen molar-refractivity contribution in [2.75, 3.05) is 0 Å². The second kappa shape index (κ2) is 12.4. The van der Waals surface area contributed by atoms with Crippen LogP contribution < -0.4 is 0 Å². The van der Waals surface area contributed by atoms with Gasteiger partial charge in [0.15, 0.2) is 0 Å². The topological polar surface area (TPSA) is 37.3 Å². The number of carbonyl (C=O) groups is 1. The van der Waals surface area contributed by atoms with E-state index in [0.717, 1.165) is 38.2 Å². The third-order valence-corrected chi connectivity index (χ3v) is 2.25. The second-order valence-corrected chi connectivity index (χ2v) is 3.89. The summed E-state index contributed by atoms with van der Waals surface area (Å²) in [4.78, 5) is 10.7. The number of aliphatic hydroxyl groups is 1. The van der Waals surface area contributed by atoms with Crippen LogP contribution in [-0.4, -0.2) is 17.0 Å². The van der Waals surface area contributed by atoms with E-state index in [1.165, 1.54) is 0 Å². The molecule has 0 rings (SSSR count). The Kier molecular flexibility index (Phi) is 11.1. The van der Waals surface area contributed by atoms with Crippen molar-refractivity contribution >= 4 is 5.78 Å². The Morgan fingerprint density at radius 1 is 1.16 bits per heavy atom. The van der Waals surface area contributed by atoms with Crippen molar-refractivity contribution in [3.63, 3.8) is 0 Å².